The molecule has 0 atom stereocenters. The van der Waals surface area contributed by atoms with E-state index in [0.717, 1.165) is 60.7 Å². The minimum absolute atomic E-state index is 0.00845. The maximum Gasteiger partial charge on any atom is 0.508 e. The lowest BCUT2D eigenvalue weighted by Gasteiger charge is -2.59. The highest BCUT2D eigenvalue weighted by atomic mass is 16.7. The van der Waals surface area contributed by atoms with Crippen LogP contribution in [-0.2, 0) is 61.9 Å². The fourth-order valence-corrected chi connectivity index (χ4v) is 15.2. The first kappa shape index (κ1) is 53.3. The number of hydrogen-bond acceptors (Lipinski definition) is 14. The molecule has 0 spiro atoms. The Hall–Kier alpha value is -4.49. The molecule has 0 aromatic heterocycles. The molecule has 12 aliphatic carbocycles. The smallest absolute Gasteiger partial charge is 0.462 e. The largest absolute Gasteiger partial charge is 0.508 e. The highest BCUT2D eigenvalue weighted by Gasteiger charge is 2.59. The van der Waals surface area contributed by atoms with Crippen molar-refractivity contribution in [2.24, 2.45) is 70.5 Å². The first-order chi connectivity index (χ1) is 33.1. The van der Waals surface area contributed by atoms with Gasteiger partial charge in [-0.05, 0) is 202 Å². The topological polar surface area (TPSA) is 184 Å². The number of ketones is 1. The average Bonchev–Trinajstić information content (AvgIpc) is 3.29. The fraction of sp³-hybridized carbons (Fsp3) is 0.768. The van der Waals surface area contributed by atoms with E-state index in [1.807, 2.05) is 0 Å². The third-order valence-corrected chi connectivity index (χ3v) is 18.0. The second-order valence-electron chi connectivity index (χ2n) is 23.5. The lowest BCUT2D eigenvalue weighted by atomic mass is 9.48. The monoisotopic (exact) mass is 977 g/mol. The highest BCUT2D eigenvalue weighted by molar-refractivity contribution is 5.89. The Labute approximate surface area is 415 Å². The van der Waals surface area contributed by atoms with Gasteiger partial charge in [0, 0.05) is 28.6 Å². The van der Waals surface area contributed by atoms with Crippen LogP contribution in [0.15, 0.2) is 36.5 Å². The second kappa shape index (κ2) is 22.5. The van der Waals surface area contributed by atoms with Crippen LogP contribution in [0.5, 0.6) is 0 Å². The Morgan fingerprint density at radius 1 is 0.400 bits per heavy atom. The van der Waals surface area contributed by atoms with Gasteiger partial charge in [0.25, 0.3) is 0 Å². The summed E-state index contributed by atoms with van der Waals surface area (Å²) in [5.74, 6) is 5.63. The Kier molecular flexibility index (Phi) is 17.1. The second-order valence-corrected chi connectivity index (χ2v) is 23.5. The number of carbonyl (C=O) groups excluding carboxylic acids is 7. The molecule has 0 aliphatic heterocycles. The molecule has 388 valence electrons. The van der Waals surface area contributed by atoms with Crippen LogP contribution in [0.1, 0.15) is 157 Å². The summed E-state index contributed by atoms with van der Waals surface area (Å²) < 4.78 is 36.5. The molecule has 0 saturated heterocycles. The third kappa shape index (κ3) is 12.8. The van der Waals surface area contributed by atoms with Gasteiger partial charge in [0.2, 0.25) is 0 Å². The predicted octanol–water partition coefficient (Wildman–Crippen LogP) is 9.94. The van der Waals surface area contributed by atoms with Crippen molar-refractivity contribution in [3.63, 3.8) is 0 Å². The van der Waals surface area contributed by atoms with Crippen molar-refractivity contribution >= 4 is 41.8 Å². The van der Waals surface area contributed by atoms with Gasteiger partial charge in [0.1, 0.15) is 43.4 Å². The van der Waals surface area contributed by atoms with Gasteiger partial charge in [-0.25, -0.2) is 19.2 Å². The summed E-state index contributed by atoms with van der Waals surface area (Å²) in [5, 5.41) is 0. The zero-order valence-corrected chi connectivity index (χ0v) is 42.7. The van der Waals surface area contributed by atoms with E-state index in [1.165, 1.54) is 83.5 Å². The van der Waals surface area contributed by atoms with Crippen molar-refractivity contribution in [2.45, 2.75) is 168 Å². The van der Waals surface area contributed by atoms with E-state index < -0.39 is 24.1 Å². The standard InChI is InChI=1S/C21H30O6.C18H26O5.C17H24O3/c1-13(2)20(24)26-7-6-25-18(22)4-5-19(23)27-21(3)16-9-14-8-15(11-16)12-17(21)10-14;1-11(2)16(19)21-4-5-22-17(20)23-18(3)14-7-12-6-13(9-14)10-15(18)8-12;1-11(2)16(19)20-4-3-15(18)17-8-12-5-13(9-17)7-14(6-12)10-17/h14-17H,1,4-12H2,2-3H3;12-15H,1,4-10H2,2-3H3;12-14H,1,3-10H2,2H3. The Morgan fingerprint density at radius 3 is 1.13 bits per heavy atom. The first-order valence-electron chi connectivity index (χ1n) is 26.4. The zero-order chi connectivity index (χ0) is 50.5. The van der Waals surface area contributed by atoms with Crippen LogP contribution in [0.2, 0.25) is 0 Å². The zero-order valence-electron chi connectivity index (χ0n) is 42.7. The van der Waals surface area contributed by atoms with Gasteiger partial charge >= 0.3 is 36.0 Å². The van der Waals surface area contributed by atoms with E-state index >= 15 is 0 Å². The van der Waals surface area contributed by atoms with Crippen LogP contribution in [-0.4, -0.2) is 86.0 Å². The molecule has 70 heavy (non-hydrogen) atoms. The Balaban J connectivity index is 0.000000156. The van der Waals surface area contributed by atoms with Crippen LogP contribution in [0, 0.1) is 70.5 Å². The molecule has 0 N–H and O–H groups in total. The number of hydrogen-bond donors (Lipinski definition) is 0. The summed E-state index contributed by atoms with van der Waals surface area (Å²) >= 11 is 0. The molecule has 0 radical (unpaired) electrons. The molecular formula is C56H80O14. The molecule has 0 aromatic carbocycles. The Morgan fingerprint density at radius 2 is 0.729 bits per heavy atom. The van der Waals surface area contributed by atoms with Crippen molar-refractivity contribution in [3.8, 4) is 0 Å². The minimum Gasteiger partial charge on any atom is -0.462 e. The molecule has 0 unspecified atom stereocenters. The molecule has 12 rings (SSSR count). The number of ether oxygens (including phenoxy) is 7. The van der Waals surface area contributed by atoms with Gasteiger partial charge < -0.3 is 33.2 Å². The first-order valence-corrected chi connectivity index (χ1v) is 26.4. The van der Waals surface area contributed by atoms with E-state index in [4.69, 9.17) is 33.2 Å². The molecular weight excluding hydrogens is 897 g/mol. The van der Waals surface area contributed by atoms with Gasteiger partial charge in [0.15, 0.2) is 0 Å². The molecule has 14 nitrogen and oxygen atoms in total. The lowest BCUT2D eigenvalue weighted by Crippen LogP contribution is -2.58. The van der Waals surface area contributed by atoms with Crippen LogP contribution < -0.4 is 0 Å². The van der Waals surface area contributed by atoms with Crippen molar-refractivity contribution in [2.75, 3.05) is 33.0 Å². The van der Waals surface area contributed by atoms with Crippen LogP contribution in [0.3, 0.4) is 0 Å². The highest BCUT2D eigenvalue weighted by Crippen LogP contribution is 2.62. The molecule has 12 fully saturated rings. The SMILES string of the molecule is C=C(C)C(=O)OCCC(=O)C12CC3CC(CC(C3)C1)C2.C=C(C)C(=O)OCCOC(=O)CCC(=O)OC1(C)C2CC3CC(C2)CC1C3.C=C(C)C(=O)OCCOC(=O)OC1(C)C2CC3CC(C2)CC1C3. The van der Waals surface area contributed by atoms with Crippen LogP contribution in [0.4, 0.5) is 4.79 Å². The molecule has 0 aromatic rings. The summed E-state index contributed by atoms with van der Waals surface area (Å²) in [7, 11) is 0. The van der Waals surface area contributed by atoms with E-state index in [0.29, 0.717) is 52.6 Å². The maximum absolute atomic E-state index is 12.6. The molecule has 0 amide bonds. The summed E-state index contributed by atoms with van der Waals surface area (Å²) in [4.78, 5) is 82.5. The number of rotatable bonds is 18. The van der Waals surface area contributed by atoms with Gasteiger partial charge in [-0.3, -0.25) is 14.4 Å². The lowest BCUT2D eigenvalue weighted by molar-refractivity contribution is -0.203. The average molecular weight is 977 g/mol. The third-order valence-electron chi connectivity index (χ3n) is 18.0. The van der Waals surface area contributed by atoms with Gasteiger partial charge in [0.05, 0.1) is 19.4 Å². The molecule has 12 bridgehead atoms. The maximum atomic E-state index is 12.6. The molecule has 0 heterocycles. The molecule has 12 saturated carbocycles. The predicted molar refractivity (Wildman–Crippen MR) is 257 cm³/mol. The molecule has 12 aliphatic rings. The van der Waals surface area contributed by atoms with Crippen molar-refractivity contribution in [1.29, 1.82) is 0 Å². The summed E-state index contributed by atoms with van der Waals surface area (Å²) in [6.45, 7) is 19.6. The van der Waals surface area contributed by atoms with Gasteiger partial charge in [-0.15, -0.1) is 0 Å². The van der Waals surface area contributed by atoms with Crippen molar-refractivity contribution < 1.29 is 66.7 Å². The van der Waals surface area contributed by atoms with Crippen LogP contribution in [0.25, 0.3) is 0 Å². The summed E-state index contributed by atoms with van der Waals surface area (Å²) in [6.07, 6.45) is 19.1. The quantitative estimate of drug-likeness (QED) is 0.0547. The van der Waals surface area contributed by atoms with E-state index in [9.17, 15) is 33.6 Å². The van der Waals surface area contributed by atoms with E-state index in [-0.39, 0.29) is 74.4 Å². The van der Waals surface area contributed by atoms with Crippen LogP contribution >= 0.6 is 0 Å². The minimum atomic E-state index is -0.647. The van der Waals surface area contributed by atoms with Gasteiger partial charge in [-0.2, -0.15) is 0 Å². The fourth-order valence-electron chi connectivity index (χ4n) is 15.2. The van der Waals surface area contributed by atoms with Crippen molar-refractivity contribution in [1.82, 2.24) is 0 Å². The normalized spacial score (nSPS) is 35.9. The van der Waals surface area contributed by atoms with Gasteiger partial charge in [-0.1, -0.05) is 19.7 Å². The number of Topliss-reactive ketones (excluding diaryl/α,β-unsaturated/α-hetero) is 1. The van der Waals surface area contributed by atoms with E-state index in [1.54, 1.807) is 20.8 Å². The molecule has 14 heteroatoms. The van der Waals surface area contributed by atoms with E-state index in [2.05, 4.69) is 33.6 Å². The Bertz CT molecular complexity index is 1940. The number of carbonyl (C=O) groups is 7. The number of esters is 5. The summed E-state index contributed by atoms with van der Waals surface area (Å²) in [5.41, 5.74) is 0.192. The summed E-state index contributed by atoms with van der Waals surface area (Å²) in [6, 6.07) is 0. The van der Waals surface area contributed by atoms with Crippen molar-refractivity contribution in [3.05, 3.63) is 36.5 Å².